The van der Waals surface area contributed by atoms with Crippen molar-refractivity contribution < 1.29 is 14.3 Å². The summed E-state index contributed by atoms with van der Waals surface area (Å²) < 4.78 is 10.7. The first-order valence-corrected chi connectivity index (χ1v) is 6.59. The van der Waals surface area contributed by atoms with Crippen LogP contribution in [0.2, 0.25) is 0 Å². The molecule has 1 aliphatic rings. The number of rotatable bonds is 8. The van der Waals surface area contributed by atoms with Crippen LogP contribution in [0.25, 0.3) is 0 Å². The zero-order valence-electron chi connectivity index (χ0n) is 11.4. The van der Waals surface area contributed by atoms with Gasteiger partial charge in [-0.2, -0.15) is 0 Å². The SMILES string of the molecule is CCOCC(NC(C)C)(C(=O)OCC)C1CC1. The maximum absolute atomic E-state index is 12.2. The van der Waals surface area contributed by atoms with Crippen molar-refractivity contribution in [2.75, 3.05) is 19.8 Å². The lowest BCUT2D eigenvalue weighted by Crippen LogP contribution is -2.60. The minimum Gasteiger partial charge on any atom is -0.465 e. The Morgan fingerprint density at radius 2 is 2.00 bits per heavy atom. The van der Waals surface area contributed by atoms with Gasteiger partial charge in [-0.05, 0) is 46.5 Å². The molecule has 4 heteroatoms. The summed E-state index contributed by atoms with van der Waals surface area (Å²) in [7, 11) is 0. The van der Waals surface area contributed by atoms with Crippen LogP contribution < -0.4 is 5.32 Å². The van der Waals surface area contributed by atoms with Gasteiger partial charge in [0.05, 0.1) is 13.2 Å². The van der Waals surface area contributed by atoms with Gasteiger partial charge in [-0.15, -0.1) is 0 Å². The second-order valence-electron chi connectivity index (χ2n) is 4.90. The summed E-state index contributed by atoms with van der Waals surface area (Å²) in [6, 6.07) is 0.237. The van der Waals surface area contributed by atoms with Crippen LogP contribution >= 0.6 is 0 Å². The highest BCUT2D eigenvalue weighted by atomic mass is 16.5. The fourth-order valence-electron chi connectivity index (χ4n) is 2.18. The third kappa shape index (κ3) is 3.68. The van der Waals surface area contributed by atoms with E-state index in [2.05, 4.69) is 5.32 Å². The van der Waals surface area contributed by atoms with Crippen LogP contribution in [-0.2, 0) is 14.3 Å². The van der Waals surface area contributed by atoms with Crippen molar-refractivity contribution in [3.8, 4) is 0 Å². The molecular weight excluding hydrogens is 218 g/mol. The average Bonchev–Trinajstić information content (AvgIpc) is 3.08. The molecule has 0 saturated heterocycles. The number of hydrogen-bond acceptors (Lipinski definition) is 4. The molecule has 0 amide bonds. The van der Waals surface area contributed by atoms with Gasteiger partial charge >= 0.3 is 5.97 Å². The molecule has 4 nitrogen and oxygen atoms in total. The van der Waals surface area contributed by atoms with Gasteiger partial charge in [0, 0.05) is 12.6 Å². The normalized spacial score (nSPS) is 19.1. The standard InChI is InChI=1S/C13H25NO3/c1-5-16-9-13(11-7-8-11,14-10(3)4)12(15)17-6-2/h10-11,14H,5-9H2,1-4H3. The minimum absolute atomic E-state index is 0.162. The van der Waals surface area contributed by atoms with Gasteiger partial charge in [-0.3, -0.25) is 5.32 Å². The van der Waals surface area contributed by atoms with E-state index in [1.807, 2.05) is 27.7 Å². The highest BCUT2D eigenvalue weighted by Gasteiger charge is 2.52. The minimum atomic E-state index is -0.639. The van der Waals surface area contributed by atoms with Gasteiger partial charge in [0.15, 0.2) is 0 Å². The average molecular weight is 243 g/mol. The van der Waals surface area contributed by atoms with Gasteiger partial charge < -0.3 is 9.47 Å². The second kappa shape index (κ2) is 6.36. The molecule has 0 aromatic heterocycles. The quantitative estimate of drug-likeness (QED) is 0.660. The highest BCUT2D eigenvalue weighted by molar-refractivity contribution is 5.82. The Morgan fingerprint density at radius 3 is 2.41 bits per heavy atom. The smallest absolute Gasteiger partial charge is 0.329 e. The largest absolute Gasteiger partial charge is 0.465 e. The molecule has 0 radical (unpaired) electrons. The van der Waals surface area contributed by atoms with Gasteiger partial charge in [-0.25, -0.2) is 4.79 Å². The molecule has 1 unspecified atom stereocenters. The third-order valence-electron chi connectivity index (χ3n) is 2.99. The molecule has 0 aromatic rings. The van der Waals surface area contributed by atoms with E-state index in [1.165, 1.54) is 0 Å². The topological polar surface area (TPSA) is 47.6 Å². The van der Waals surface area contributed by atoms with E-state index in [9.17, 15) is 4.79 Å². The van der Waals surface area contributed by atoms with E-state index in [0.29, 0.717) is 25.7 Å². The Balaban J connectivity index is 2.80. The molecule has 1 N–H and O–H groups in total. The Labute approximate surface area is 104 Å². The van der Waals surface area contributed by atoms with Crippen LogP contribution in [0.4, 0.5) is 0 Å². The number of carbonyl (C=O) groups is 1. The Bertz CT molecular complexity index is 251. The molecule has 0 aromatic carbocycles. The van der Waals surface area contributed by atoms with Crippen molar-refractivity contribution in [2.24, 2.45) is 5.92 Å². The zero-order valence-corrected chi connectivity index (χ0v) is 11.4. The monoisotopic (exact) mass is 243 g/mol. The lowest BCUT2D eigenvalue weighted by Gasteiger charge is -2.34. The first-order valence-electron chi connectivity index (χ1n) is 6.59. The van der Waals surface area contributed by atoms with Gasteiger partial charge in [0.1, 0.15) is 5.54 Å². The van der Waals surface area contributed by atoms with Crippen LogP contribution in [-0.4, -0.2) is 37.4 Å². The zero-order chi connectivity index (χ0) is 12.9. The van der Waals surface area contributed by atoms with E-state index in [0.717, 1.165) is 12.8 Å². The van der Waals surface area contributed by atoms with Crippen molar-refractivity contribution in [1.29, 1.82) is 0 Å². The predicted octanol–water partition coefficient (Wildman–Crippen LogP) is 1.73. The summed E-state index contributed by atoms with van der Waals surface area (Å²) >= 11 is 0. The van der Waals surface area contributed by atoms with E-state index >= 15 is 0 Å². The Hall–Kier alpha value is -0.610. The van der Waals surface area contributed by atoms with Gasteiger partial charge in [0.25, 0.3) is 0 Å². The van der Waals surface area contributed by atoms with Crippen molar-refractivity contribution in [1.82, 2.24) is 5.32 Å². The molecule has 0 spiro atoms. The molecule has 0 heterocycles. The molecule has 0 bridgehead atoms. The second-order valence-corrected chi connectivity index (χ2v) is 4.90. The molecule has 1 atom stereocenters. The summed E-state index contributed by atoms with van der Waals surface area (Å²) in [5, 5.41) is 3.38. The van der Waals surface area contributed by atoms with Crippen LogP contribution in [0.15, 0.2) is 0 Å². The van der Waals surface area contributed by atoms with Gasteiger partial charge in [-0.1, -0.05) is 0 Å². The molecule has 1 saturated carbocycles. The van der Waals surface area contributed by atoms with E-state index in [1.54, 1.807) is 0 Å². The van der Waals surface area contributed by atoms with E-state index in [4.69, 9.17) is 9.47 Å². The maximum atomic E-state index is 12.2. The highest BCUT2D eigenvalue weighted by Crippen LogP contribution is 2.41. The lowest BCUT2D eigenvalue weighted by molar-refractivity contribution is -0.156. The lowest BCUT2D eigenvalue weighted by atomic mass is 9.93. The van der Waals surface area contributed by atoms with E-state index in [-0.39, 0.29) is 12.0 Å². The first kappa shape index (κ1) is 14.5. The summed E-state index contributed by atoms with van der Waals surface area (Å²) in [6.45, 7) is 9.31. The number of nitrogens with one attached hydrogen (secondary N) is 1. The number of carbonyl (C=O) groups excluding carboxylic acids is 1. The van der Waals surface area contributed by atoms with Crippen LogP contribution in [0.3, 0.4) is 0 Å². The predicted molar refractivity (Wildman–Crippen MR) is 66.9 cm³/mol. The third-order valence-corrected chi connectivity index (χ3v) is 2.99. The summed E-state index contributed by atoms with van der Waals surface area (Å²) in [6.07, 6.45) is 2.15. The fraction of sp³-hybridized carbons (Fsp3) is 0.923. The van der Waals surface area contributed by atoms with Crippen LogP contribution in [0.1, 0.15) is 40.5 Å². The van der Waals surface area contributed by atoms with E-state index < -0.39 is 5.54 Å². The van der Waals surface area contributed by atoms with Gasteiger partial charge in [0.2, 0.25) is 0 Å². The molecule has 100 valence electrons. The fourth-order valence-corrected chi connectivity index (χ4v) is 2.18. The number of hydrogen-bond donors (Lipinski definition) is 1. The Kier molecular flexibility index (Phi) is 5.40. The van der Waals surface area contributed by atoms with Crippen LogP contribution in [0, 0.1) is 5.92 Å². The number of esters is 1. The Morgan fingerprint density at radius 1 is 1.35 bits per heavy atom. The summed E-state index contributed by atoms with van der Waals surface area (Å²) in [5.74, 6) is 0.195. The van der Waals surface area contributed by atoms with Crippen molar-refractivity contribution in [2.45, 2.75) is 52.1 Å². The maximum Gasteiger partial charge on any atom is 0.329 e. The van der Waals surface area contributed by atoms with Crippen molar-refractivity contribution in [3.63, 3.8) is 0 Å². The summed E-state index contributed by atoms with van der Waals surface area (Å²) in [5.41, 5.74) is -0.639. The first-order chi connectivity index (χ1) is 8.06. The molecular formula is C13H25NO3. The molecule has 1 fully saturated rings. The summed E-state index contributed by atoms with van der Waals surface area (Å²) in [4.78, 5) is 12.2. The molecule has 0 aliphatic heterocycles. The molecule has 1 rings (SSSR count). The number of ether oxygens (including phenoxy) is 2. The van der Waals surface area contributed by atoms with Crippen LogP contribution in [0.5, 0.6) is 0 Å². The van der Waals surface area contributed by atoms with Crippen molar-refractivity contribution in [3.05, 3.63) is 0 Å². The molecule has 1 aliphatic carbocycles. The van der Waals surface area contributed by atoms with Crippen molar-refractivity contribution >= 4 is 5.97 Å². The molecule has 17 heavy (non-hydrogen) atoms.